The molecule has 0 saturated heterocycles. The maximum Gasteiger partial charge on any atom is 0.360 e. The summed E-state index contributed by atoms with van der Waals surface area (Å²) in [5.41, 5.74) is 9.65. The summed E-state index contributed by atoms with van der Waals surface area (Å²) in [6.07, 6.45) is 1.33. The number of esters is 1. The van der Waals surface area contributed by atoms with Crippen molar-refractivity contribution in [3.05, 3.63) is 59.7 Å². The van der Waals surface area contributed by atoms with E-state index in [9.17, 15) is 4.79 Å². The second-order valence-electron chi connectivity index (χ2n) is 5.43. The molecule has 130 valence electrons. The zero-order chi connectivity index (χ0) is 18.1. The number of benzene rings is 2. The van der Waals surface area contributed by atoms with Crippen LogP contribution in [0.25, 0.3) is 0 Å². The summed E-state index contributed by atoms with van der Waals surface area (Å²) in [7, 11) is 0. The van der Waals surface area contributed by atoms with Crippen LogP contribution in [0.1, 0.15) is 18.1 Å². The molecule has 0 radical (unpaired) electrons. The predicted octanol–water partition coefficient (Wildman–Crippen LogP) is 3.73. The molecule has 2 aromatic carbocycles. The Morgan fingerprint density at radius 1 is 0.960 bits per heavy atom. The first-order valence-electron chi connectivity index (χ1n) is 8.01. The molecule has 2 rings (SSSR count). The van der Waals surface area contributed by atoms with Crippen LogP contribution in [0.2, 0.25) is 0 Å². The van der Waals surface area contributed by atoms with Gasteiger partial charge in [-0.15, -0.1) is 0 Å². The van der Waals surface area contributed by atoms with E-state index in [0.717, 1.165) is 22.5 Å². The van der Waals surface area contributed by atoms with Gasteiger partial charge in [0.25, 0.3) is 0 Å². The number of hydrogen-bond donors (Lipinski definition) is 2. The minimum absolute atomic E-state index is 0.0713. The van der Waals surface area contributed by atoms with Crippen molar-refractivity contribution in [3.8, 4) is 0 Å². The smallest absolute Gasteiger partial charge is 0.360 e. The summed E-state index contributed by atoms with van der Waals surface area (Å²) in [6.45, 7) is 6.02. The molecule has 0 fully saturated rings. The average molecular weight is 338 g/mol. The molecule has 6 nitrogen and oxygen atoms in total. The van der Waals surface area contributed by atoms with Gasteiger partial charge in [-0.2, -0.15) is 10.2 Å². The summed E-state index contributed by atoms with van der Waals surface area (Å²) in [6, 6.07) is 15.4. The van der Waals surface area contributed by atoms with E-state index in [1.165, 1.54) is 6.21 Å². The number of hydrogen-bond acceptors (Lipinski definition) is 6. The maximum absolute atomic E-state index is 12.0. The number of carbonyl (C=O) groups is 1. The van der Waals surface area contributed by atoms with Crippen molar-refractivity contribution in [1.82, 2.24) is 0 Å². The van der Waals surface area contributed by atoms with Crippen LogP contribution in [-0.2, 0) is 9.53 Å². The monoisotopic (exact) mass is 338 g/mol. The van der Waals surface area contributed by atoms with E-state index < -0.39 is 5.97 Å². The van der Waals surface area contributed by atoms with Crippen molar-refractivity contribution >= 4 is 29.3 Å². The average Bonchev–Trinajstić information content (AvgIpc) is 2.61. The Bertz CT molecular complexity index is 750. The molecule has 0 saturated carbocycles. The number of carbonyl (C=O) groups excluding carboxylic acids is 1. The fraction of sp³-hybridized carbons (Fsp3) is 0.211. The summed E-state index contributed by atoms with van der Waals surface area (Å²) in [5.74, 6) is -0.545. The molecule has 0 aliphatic carbocycles. The zero-order valence-corrected chi connectivity index (χ0v) is 14.6. The second kappa shape index (κ2) is 9.22. The molecule has 0 aliphatic heterocycles. The molecule has 6 heteroatoms. The van der Waals surface area contributed by atoms with Crippen molar-refractivity contribution < 1.29 is 9.53 Å². The summed E-state index contributed by atoms with van der Waals surface area (Å²) < 4.78 is 5.00. The van der Waals surface area contributed by atoms with Crippen molar-refractivity contribution in [2.75, 3.05) is 17.5 Å². The van der Waals surface area contributed by atoms with Gasteiger partial charge in [-0.25, -0.2) is 4.79 Å². The molecule has 0 spiro atoms. The minimum atomic E-state index is -0.545. The third-order valence-corrected chi connectivity index (χ3v) is 3.27. The first kappa shape index (κ1) is 18.2. The van der Waals surface area contributed by atoms with Crippen molar-refractivity contribution in [2.24, 2.45) is 10.2 Å². The highest BCUT2D eigenvalue weighted by molar-refractivity contribution is 6.59. The summed E-state index contributed by atoms with van der Waals surface area (Å²) in [4.78, 5) is 12.0. The number of ether oxygens (including phenoxy) is 1. The molecule has 0 heterocycles. The highest BCUT2D eigenvalue weighted by Gasteiger charge is 2.10. The quantitative estimate of drug-likeness (QED) is 0.458. The Morgan fingerprint density at radius 2 is 1.48 bits per heavy atom. The lowest BCUT2D eigenvalue weighted by atomic mass is 10.2. The highest BCUT2D eigenvalue weighted by atomic mass is 16.5. The minimum Gasteiger partial charge on any atom is -0.461 e. The van der Waals surface area contributed by atoms with Crippen LogP contribution in [0.15, 0.2) is 58.7 Å². The molecule has 0 amide bonds. The van der Waals surface area contributed by atoms with Crippen molar-refractivity contribution in [3.63, 3.8) is 0 Å². The van der Waals surface area contributed by atoms with E-state index in [-0.39, 0.29) is 12.3 Å². The van der Waals surface area contributed by atoms with Crippen molar-refractivity contribution in [1.29, 1.82) is 0 Å². The molecule has 0 unspecified atom stereocenters. The number of rotatable bonds is 7. The van der Waals surface area contributed by atoms with Gasteiger partial charge < -0.3 is 4.74 Å². The van der Waals surface area contributed by atoms with Gasteiger partial charge in [0.05, 0.1) is 24.2 Å². The predicted molar refractivity (Wildman–Crippen MR) is 102 cm³/mol. The van der Waals surface area contributed by atoms with Crippen LogP contribution in [0.5, 0.6) is 0 Å². The van der Waals surface area contributed by atoms with Crippen LogP contribution in [0.3, 0.4) is 0 Å². The number of nitrogens with one attached hydrogen (secondary N) is 2. The normalized spacial score (nSPS) is 11.4. The molecule has 2 aromatic rings. The number of anilines is 2. The molecule has 0 aliphatic rings. The number of nitrogens with zero attached hydrogens (tertiary/aromatic N) is 2. The Morgan fingerprint density at radius 3 is 2.00 bits per heavy atom. The van der Waals surface area contributed by atoms with Crippen molar-refractivity contribution in [2.45, 2.75) is 20.8 Å². The van der Waals surface area contributed by atoms with Gasteiger partial charge in [0.15, 0.2) is 5.71 Å². The van der Waals surface area contributed by atoms with Gasteiger partial charge >= 0.3 is 5.97 Å². The maximum atomic E-state index is 12.0. The van der Waals surface area contributed by atoms with E-state index in [4.69, 9.17) is 4.74 Å². The van der Waals surface area contributed by atoms with Crippen LogP contribution in [-0.4, -0.2) is 24.5 Å². The summed E-state index contributed by atoms with van der Waals surface area (Å²) >= 11 is 0. The van der Waals surface area contributed by atoms with Gasteiger partial charge in [0.2, 0.25) is 0 Å². The number of aryl methyl sites for hydroxylation is 2. The largest absolute Gasteiger partial charge is 0.461 e. The third kappa shape index (κ3) is 6.10. The highest BCUT2D eigenvalue weighted by Crippen LogP contribution is 2.09. The van der Waals surface area contributed by atoms with E-state index in [1.807, 2.05) is 62.4 Å². The topological polar surface area (TPSA) is 75.1 Å². The Kier molecular flexibility index (Phi) is 6.71. The zero-order valence-electron chi connectivity index (χ0n) is 14.6. The molecule has 0 aromatic heterocycles. The van der Waals surface area contributed by atoms with E-state index in [0.29, 0.717) is 0 Å². The lowest BCUT2D eigenvalue weighted by Crippen LogP contribution is -2.20. The lowest BCUT2D eigenvalue weighted by Gasteiger charge is -2.05. The lowest BCUT2D eigenvalue weighted by molar-refractivity contribution is -0.134. The Hall–Kier alpha value is -3.15. The summed E-state index contributed by atoms with van der Waals surface area (Å²) in [5, 5.41) is 8.14. The number of hydrazone groups is 2. The van der Waals surface area contributed by atoms with Crippen LogP contribution in [0, 0.1) is 13.8 Å². The van der Waals surface area contributed by atoms with Gasteiger partial charge in [0.1, 0.15) is 0 Å². The molecular weight excluding hydrogens is 316 g/mol. The second-order valence-corrected chi connectivity index (χ2v) is 5.43. The molecule has 25 heavy (non-hydrogen) atoms. The van der Waals surface area contributed by atoms with Gasteiger partial charge in [-0.1, -0.05) is 35.4 Å². The van der Waals surface area contributed by atoms with Gasteiger partial charge in [-0.3, -0.25) is 10.9 Å². The first-order chi connectivity index (χ1) is 12.1. The molecule has 0 atom stereocenters. The van der Waals surface area contributed by atoms with E-state index in [2.05, 4.69) is 21.1 Å². The molecular formula is C19H22N4O2. The van der Waals surface area contributed by atoms with Gasteiger partial charge in [0, 0.05) is 0 Å². The first-order valence-corrected chi connectivity index (χ1v) is 8.01. The standard InChI is InChI=1S/C19H22N4O2/c1-4-25-19(24)18(23-22-17-11-7-15(3)8-12-17)13-20-21-16-9-5-14(2)6-10-16/h5-13,21-22H,4H2,1-3H3. The van der Waals surface area contributed by atoms with Crippen LogP contribution >= 0.6 is 0 Å². The SMILES string of the molecule is CCOC(=O)C(C=NNc1ccc(C)cc1)=NNc1ccc(C)cc1. The van der Waals surface area contributed by atoms with Crippen LogP contribution in [0.4, 0.5) is 11.4 Å². The fourth-order valence-electron chi connectivity index (χ4n) is 1.88. The van der Waals surface area contributed by atoms with Crippen LogP contribution < -0.4 is 10.9 Å². The Labute approximate surface area is 147 Å². The molecule has 2 N–H and O–H groups in total. The van der Waals surface area contributed by atoms with Gasteiger partial charge in [-0.05, 0) is 45.0 Å². The third-order valence-electron chi connectivity index (χ3n) is 3.27. The fourth-order valence-corrected chi connectivity index (χ4v) is 1.88. The van der Waals surface area contributed by atoms with E-state index >= 15 is 0 Å². The molecule has 0 bridgehead atoms. The Balaban J connectivity index is 2.07. The van der Waals surface area contributed by atoms with E-state index in [1.54, 1.807) is 6.92 Å².